The van der Waals surface area contributed by atoms with Crippen LogP contribution in [-0.2, 0) is 10.0 Å². The van der Waals surface area contributed by atoms with Gasteiger partial charge in [-0.05, 0) is 30.3 Å². The molecule has 21 heavy (non-hydrogen) atoms. The number of hydrogen-bond donors (Lipinski definition) is 2. The molecule has 4 nitrogen and oxygen atoms in total. The van der Waals surface area contributed by atoms with Gasteiger partial charge in [0.1, 0.15) is 0 Å². The second-order valence-electron chi connectivity index (χ2n) is 4.01. The molecule has 0 bridgehead atoms. The second-order valence-corrected chi connectivity index (χ2v) is 6.10. The fourth-order valence-corrected chi connectivity index (χ4v) is 2.71. The average molecular weight is 337 g/mol. The van der Waals surface area contributed by atoms with Crippen molar-refractivity contribution in [3.05, 3.63) is 52.8 Å². The first-order valence-corrected chi connectivity index (χ1v) is 7.30. The molecule has 112 valence electrons. The Hall–Kier alpha value is -1.93. The number of nitrogens with two attached hydrogens (primary N) is 1. The minimum Gasteiger partial charge on any atom is -0.397 e. The van der Waals surface area contributed by atoms with E-state index >= 15 is 0 Å². The van der Waals surface area contributed by atoms with Crippen LogP contribution in [0.25, 0.3) is 0 Å². The van der Waals surface area contributed by atoms with E-state index in [0.717, 1.165) is 18.2 Å². The summed E-state index contributed by atoms with van der Waals surface area (Å²) in [5, 5.41) is 0.146. The molecule has 0 saturated carbocycles. The monoisotopic (exact) mass is 336 g/mol. The van der Waals surface area contributed by atoms with Crippen molar-refractivity contribution in [3.63, 3.8) is 0 Å². The van der Waals surface area contributed by atoms with Crippen molar-refractivity contribution in [1.82, 2.24) is 0 Å². The summed E-state index contributed by atoms with van der Waals surface area (Å²) < 4.78 is 65.2. The highest BCUT2D eigenvalue weighted by molar-refractivity contribution is 7.92. The Morgan fingerprint density at radius 1 is 1.05 bits per heavy atom. The standard InChI is InChI=1S/C12H8ClF3N2O2S/c13-7-2-1-6(5-9(7)17)21(19,20)18-10-4-3-8(14)11(15)12(10)16/h1-5,18H,17H2. The van der Waals surface area contributed by atoms with Crippen molar-refractivity contribution in [1.29, 1.82) is 0 Å². The smallest absolute Gasteiger partial charge is 0.262 e. The van der Waals surface area contributed by atoms with E-state index in [1.54, 1.807) is 0 Å². The van der Waals surface area contributed by atoms with Crippen molar-refractivity contribution >= 4 is 33.0 Å². The summed E-state index contributed by atoms with van der Waals surface area (Å²) in [7, 11) is -4.22. The van der Waals surface area contributed by atoms with Gasteiger partial charge in [-0.3, -0.25) is 4.72 Å². The largest absolute Gasteiger partial charge is 0.397 e. The molecule has 0 spiro atoms. The molecule has 0 radical (unpaired) electrons. The zero-order chi connectivity index (χ0) is 15.8. The molecule has 0 saturated heterocycles. The lowest BCUT2D eigenvalue weighted by molar-refractivity contribution is 0.449. The van der Waals surface area contributed by atoms with Crippen LogP contribution in [0.5, 0.6) is 0 Å². The molecule has 0 aromatic heterocycles. The number of halogens is 4. The first-order valence-electron chi connectivity index (χ1n) is 5.43. The van der Waals surface area contributed by atoms with Crippen LogP contribution in [0.15, 0.2) is 35.2 Å². The third kappa shape index (κ3) is 3.06. The molecule has 2 aromatic rings. The summed E-state index contributed by atoms with van der Waals surface area (Å²) in [6.45, 7) is 0. The van der Waals surface area contributed by atoms with Gasteiger partial charge in [-0.15, -0.1) is 0 Å². The SMILES string of the molecule is Nc1cc(S(=O)(=O)Nc2ccc(F)c(F)c2F)ccc1Cl. The van der Waals surface area contributed by atoms with Crippen molar-refractivity contribution in [2.24, 2.45) is 0 Å². The second kappa shape index (κ2) is 5.45. The fraction of sp³-hybridized carbons (Fsp3) is 0. The molecule has 0 aliphatic heterocycles. The molecule has 0 aliphatic rings. The summed E-state index contributed by atoms with van der Waals surface area (Å²) in [5.41, 5.74) is 4.76. The van der Waals surface area contributed by atoms with E-state index in [1.165, 1.54) is 6.07 Å². The highest BCUT2D eigenvalue weighted by Gasteiger charge is 2.20. The highest BCUT2D eigenvalue weighted by atomic mass is 35.5. The van der Waals surface area contributed by atoms with E-state index in [-0.39, 0.29) is 15.6 Å². The predicted octanol–water partition coefficient (Wildman–Crippen LogP) is 3.14. The van der Waals surface area contributed by atoms with Gasteiger partial charge >= 0.3 is 0 Å². The van der Waals surface area contributed by atoms with Crippen LogP contribution in [0.1, 0.15) is 0 Å². The lowest BCUT2D eigenvalue weighted by Gasteiger charge is -2.10. The van der Waals surface area contributed by atoms with Gasteiger partial charge in [-0.25, -0.2) is 21.6 Å². The maximum Gasteiger partial charge on any atom is 0.262 e. The highest BCUT2D eigenvalue weighted by Crippen LogP contribution is 2.26. The van der Waals surface area contributed by atoms with Gasteiger partial charge in [0.2, 0.25) is 0 Å². The van der Waals surface area contributed by atoms with Crippen LogP contribution in [-0.4, -0.2) is 8.42 Å². The van der Waals surface area contributed by atoms with E-state index in [9.17, 15) is 21.6 Å². The number of rotatable bonds is 3. The third-order valence-electron chi connectivity index (χ3n) is 2.56. The lowest BCUT2D eigenvalue weighted by atomic mass is 10.3. The molecule has 0 atom stereocenters. The Morgan fingerprint density at radius 3 is 2.33 bits per heavy atom. The molecule has 3 N–H and O–H groups in total. The number of nitrogen functional groups attached to an aromatic ring is 1. The number of benzene rings is 2. The molecule has 0 unspecified atom stereocenters. The van der Waals surface area contributed by atoms with E-state index in [4.69, 9.17) is 17.3 Å². The predicted molar refractivity (Wildman–Crippen MR) is 73.0 cm³/mol. The zero-order valence-corrected chi connectivity index (χ0v) is 11.8. The maximum absolute atomic E-state index is 13.5. The Balaban J connectivity index is 2.42. The van der Waals surface area contributed by atoms with Crippen LogP contribution in [0.2, 0.25) is 5.02 Å². The average Bonchev–Trinajstić information content (AvgIpc) is 2.42. The minimum absolute atomic E-state index is 0.00491. The molecule has 0 fully saturated rings. The number of sulfonamides is 1. The lowest BCUT2D eigenvalue weighted by Crippen LogP contribution is -2.15. The van der Waals surface area contributed by atoms with Gasteiger partial charge < -0.3 is 5.73 Å². The molecular formula is C12H8ClF3N2O2S. The third-order valence-corrected chi connectivity index (χ3v) is 4.26. The Labute approximate surface area is 123 Å². The van der Waals surface area contributed by atoms with Crippen molar-refractivity contribution in [3.8, 4) is 0 Å². The molecule has 0 heterocycles. The van der Waals surface area contributed by atoms with Crippen LogP contribution >= 0.6 is 11.6 Å². The van der Waals surface area contributed by atoms with Crippen molar-refractivity contribution < 1.29 is 21.6 Å². The van der Waals surface area contributed by atoms with Crippen LogP contribution in [0.4, 0.5) is 24.5 Å². The zero-order valence-electron chi connectivity index (χ0n) is 10.2. The fourth-order valence-electron chi connectivity index (χ4n) is 1.50. The Kier molecular flexibility index (Phi) is 4.02. The van der Waals surface area contributed by atoms with Crippen LogP contribution < -0.4 is 10.5 Å². The van der Waals surface area contributed by atoms with Gasteiger partial charge in [0, 0.05) is 0 Å². The number of nitrogens with one attached hydrogen (secondary N) is 1. The van der Waals surface area contributed by atoms with Gasteiger partial charge in [0.15, 0.2) is 17.5 Å². The quantitative estimate of drug-likeness (QED) is 0.668. The van der Waals surface area contributed by atoms with Crippen LogP contribution in [0, 0.1) is 17.5 Å². The van der Waals surface area contributed by atoms with Crippen molar-refractivity contribution in [2.45, 2.75) is 4.90 Å². The molecule has 0 amide bonds. The summed E-state index contributed by atoms with van der Waals surface area (Å²) in [6.07, 6.45) is 0. The van der Waals surface area contributed by atoms with Gasteiger partial charge in [0.25, 0.3) is 10.0 Å². The van der Waals surface area contributed by atoms with Crippen LogP contribution in [0.3, 0.4) is 0 Å². The first-order chi connectivity index (χ1) is 9.72. The molecule has 9 heteroatoms. The molecule has 2 rings (SSSR count). The molecule has 2 aromatic carbocycles. The van der Waals surface area contributed by atoms with Crippen molar-refractivity contribution in [2.75, 3.05) is 10.5 Å². The Bertz CT molecular complexity index is 812. The maximum atomic E-state index is 13.5. The number of hydrogen-bond acceptors (Lipinski definition) is 3. The summed E-state index contributed by atoms with van der Waals surface area (Å²) in [6, 6.07) is 4.81. The van der Waals surface area contributed by atoms with Gasteiger partial charge in [0.05, 0.1) is 21.3 Å². The topological polar surface area (TPSA) is 72.2 Å². The summed E-state index contributed by atoms with van der Waals surface area (Å²) in [5.74, 6) is -4.84. The van der Waals surface area contributed by atoms with Gasteiger partial charge in [-0.2, -0.15) is 0 Å². The normalized spacial score (nSPS) is 11.4. The summed E-state index contributed by atoms with van der Waals surface area (Å²) in [4.78, 5) is -0.298. The number of anilines is 2. The summed E-state index contributed by atoms with van der Waals surface area (Å²) >= 11 is 5.66. The first kappa shape index (κ1) is 15.5. The van der Waals surface area contributed by atoms with E-state index < -0.39 is 33.2 Å². The molecule has 0 aliphatic carbocycles. The van der Waals surface area contributed by atoms with E-state index in [0.29, 0.717) is 6.07 Å². The van der Waals surface area contributed by atoms with E-state index in [2.05, 4.69) is 0 Å². The van der Waals surface area contributed by atoms with E-state index in [1.807, 2.05) is 4.72 Å². The Morgan fingerprint density at radius 2 is 1.71 bits per heavy atom. The van der Waals surface area contributed by atoms with Gasteiger partial charge in [-0.1, -0.05) is 11.6 Å². The minimum atomic E-state index is -4.22. The molecular weight excluding hydrogens is 329 g/mol.